The lowest BCUT2D eigenvalue weighted by Gasteiger charge is -2.22. The van der Waals surface area contributed by atoms with Crippen molar-refractivity contribution in [3.05, 3.63) is 230 Å². The smallest absolute Gasteiger partial charge is 0.164 e. The van der Waals surface area contributed by atoms with Gasteiger partial charge in [0.15, 0.2) is 17.5 Å². The van der Waals surface area contributed by atoms with Crippen molar-refractivity contribution >= 4 is 43.4 Å². The second-order valence-corrected chi connectivity index (χ2v) is 18.1. The minimum Gasteiger partial charge on any atom is -0.309 e. The van der Waals surface area contributed by atoms with Crippen molar-refractivity contribution in [2.45, 2.75) is 19.3 Å². The number of hydrogen-bond acceptors (Lipinski definition) is 3. The SMILES string of the molecule is CC1(C)c2ccccc2-c2ccc(-c3cccc(-c4ccc5c(c4)c4ccccc4n5-c4ccc(-c5nc(-c6ccc7ccccc7c6)nc(-c6ccc7ccccc7c6)n5)cc4)c3)cc21. The normalized spacial score (nSPS) is 12.8. The van der Waals surface area contributed by atoms with Crippen molar-refractivity contribution in [1.82, 2.24) is 19.5 Å². The average Bonchev–Trinajstić information content (AvgIpc) is 3.83. The van der Waals surface area contributed by atoms with Crippen molar-refractivity contribution < 1.29 is 0 Å². The van der Waals surface area contributed by atoms with E-state index in [-0.39, 0.29) is 5.41 Å². The molecule has 0 spiro atoms. The zero-order valence-corrected chi connectivity index (χ0v) is 36.6. The number of hydrogen-bond donors (Lipinski definition) is 0. The fourth-order valence-electron chi connectivity index (χ4n) is 10.4. The topological polar surface area (TPSA) is 43.6 Å². The zero-order chi connectivity index (χ0) is 43.9. The summed E-state index contributed by atoms with van der Waals surface area (Å²) in [4.78, 5) is 15.3. The lowest BCUT2D eigenvalue weighted by molar-refractivity contribution is 0.660. The Balaban J connectivity index is 0.873. The molecular formula is C62H42N4. The molecule has 2 aromatic heterocycles. The quantitative estimate of drug-likeness (QED) is 0.167. The summed E-state index contributed by atoms with van der Waals surface area (Å²) in [5, 5.41) is 7.08. The van der Waals surface area contributed by atoms with Gasteiger partial charge in [0.25, 0.3) is 0 Å². The number of nitrogens with zero attached hydrogens (tertiary/aromatic N) is 4. The molecule has 0 radical (unpaired) electrons. The van der Waals surface area contributed by atoms with E-state index in [0.717, 1.165) is 44.2 Å². The predicted molar refractivity (Wildman–Crippen MR) is 274 cm³/mol. The third kappa shape index (κ3) is 6.17. The molecule has 0 unspecified atom stereocenters. The van der Waals surface area contributed by atoms with Crippen LogP contribution in [-0.4, -0.2) is 19.5 Å². The molecule has 0 amide bonds. The van der Waals surface area contributed by atoms with E-state index in [2.05, 4.69) is 237 Å². The van der Waals surface area contributed by atoms with Crippen LogP contribution in [0.4, 0.5) is 0 Å². The lowest BCUT2D eigenvalue weighted by Crippen LogP contribution is -2.14. The van der Waals surface area contributed by atoms with E-state index in [1.54, 1.807) is 0 Å². The molecule has 0 N–H and O–H groups in total. The van der Waals surface area contributed by atoms with Crippen LogP contribution in [0.15, 0.2) is 218 Å². The van der Waals surface area contributed by atoms with Gasteiger partial charge in [-0.2, -0.15) is 0 Å². The molecule has 13 rings (SSSR count). The average molecular weight is 843 g/mol. The third-order valence-corrected chi connectivity index (χ3v) is 13.8. The van der Waals surface area contributed by atoms with Crippen molar-refractivity contribution in [2.75, 3.05) is 0 Å². The Kier molecular flexibility index (Phi) is 8.53. The minimum atomic E-state index is -0.0458. The summed E-state index contributed by atoms with van der Waals surface area (Å²) in [6, 6.07) is 78.7. The summed E-state index contributed by atoms with van der Waals surface area (Å²) in [6.07, 6.45) is 0. The number of fused-ring (bicyclic) bond motifs is 8. The maximum absolute atomic E-state index is 5.13. The summed E-state index contributed by atoms with van der Waals surface area (Å²) in [7, 11) is 0. The van der Waals surface area contributed by atoms with Crippen LogP contribution in [0.5, 0.6) is 0 Å². The van der Waals surface area contributed by atoms with Crippen LogP contribution < -0.4 is 0 Å². The van der Waals surface area contributed by atoms with Crippen LogP contribution in [-0.2, 0) is 5.41 Å². The molecule has 310 valence electrons. The fourth-order valence-corrected chi connectivity index (χ4v) is 10.4. The molecule has 66 heavy (non-hydrogen) atoms. The van der Waals surface area contributed by atoms with Gasteiger partial charge < -0.3 is 4.57 Å². The predicted octanol–water partition coefficient (Wildman–Crippen LogP) is 15.9. The number of para-hydroxylation sites is 1. The molecule has 1 aliphatic carbocycles. The Bertz CT molecular complexity index is 3820. The third-order valence-electron chi connectivity index (χ3n) is 13.8. The number of aromatic nitrogens is 4. The highest BCUT2D eigenvalue weighted by Gasteiger charge is 2.35. The van der Waals surface area contributed by atoms with Gasteiger partial charge in [-0.25, -0.2) is 15.0 Å². The maximum Gasteiger partial charge on any atom is 0.164 e. The highest BCUT2D eigenvalue weighted by Crippen LogP contribution is 2.49. The van der Waals surface area contributed by atoms with Gasteiger partial charge in [-0.1, -0.05) is 166 Å². The largest absolute Gasteiger partial charge is 0.309 e. The fraction of sp³-hybridized carbons (Fsp3) is 0.0484. The van der Waals surface area contributed by atoms with Gasteiger partial charge in [-0.15, -0.1) is 0 Å². The molecule has 0 saturated heterocycles. The van der Waals surface area contributed by atoms with Crippen LogP contribution >= 0.6 is 0 Å². The molecule has 0 saturated carbocycles. The molecule has 10 aromatic carbocycles. The van der Waals surface area contributed by atoms with Gasteiger partial charge in [-0.05, 0) is 133 Å². The van der Waals surface area contributed by atoms with E-state index in [1.807, 2.05) is 0 Å². The molecule has 12 aromatic rings. The molecule has 0 fully saturated rings. The summed E-state index contributed by atoms with van der Waals surface area (Å²) in [6.45, 7) is 4.69. The van der Waals surface area contributed by atoms with Crippen LogP contribution in [0.25, 0.3) is 117 Å². The van der Waals surface area contributed by atoms with Gasteiger partial charge in [0, 0.05) is 38.6 Å². The highest BCUT2D eigenvalue weighted by molar-refractivity contribution is 6.10. The lowest BCUT2D eigenvalue weighted by atomic mass is 9.81. The standard InChI is InChI=1S/C62H42N4/c1-62(2)55-20-9-7-18-51(55)52-32-28-47(38-56(52)62)45-17-11-16-44(34-45)46-29-33-58-54(37-46)53-19-8-10-21-57(53)66(58)50-30-26-41(27-31-50)59-63-60(48-24-22-39-12-3-5-14-42(39)35-48)65-61(64-59)49-25-23-40-13-4-6-15-43(40)36-49/h3-38H,1-2H3. The molecule has 0 aliphatic heterocycles. The summed E-state index contributed by atoms with van der Waals surface area (Å²) >= 11 is 0. The first-order valence-corrected chi connectivity index (χ1v) is 22.7. The van der Waals surface area contributed by atoms with E-state index in [4.69, 9.17) is 15.0 Å². The Morgan fingerprint density at radius 1 is 0.318 bits per heavy atom. The van der Waals surface area contributed by atoms with Gasteiger partial charge in [0.2, 0.25) is 0 Å². The van der Waals surface area contributed by atoms with Gasteiger partial charge in [0.05, 0.1) is 11.0 Å². The second-order valence-electron chi connectivity index (χ2n) is 18.1. The molecule has 2 heterocycles. The van der Waals surface area contributed by atoms with Crippen LogP contribution in [0.3, 0.4) is 0 Å². The molecule has 0 atom stereocenters. The van der Waals surface area contributed by atoms with Gasteiger partial charge in [0.1, 0.15) is 0 Å². The Morgan fingerprint density at radius 2 is 0.818 bits per heavy atom. The summed E-state index contributed by atoms with van der Waals surface area (Å²) < 4.78 is 2.37. The molecule has 4 heteroatoms. The van der Waals surface area contributed by atoms with Crippen molar-refractivity contribution in [2.24, 2.45) is 0 Å². The molecule has 0 bridgehead atoms. The van der Waals surface area contributed by atoms with Crippen LogP contribution in [0.2, 0.25) is 0 Å². The minimum absolute atomic E-state index is 0.0458. The second kappa shape index (κ2) is 14.8. The Labute approximate surface area is 383 Å². The van der Waals surface area contributed by atoms with E-state index >= 15 is 0 Å². The first-order chi connectivity index (χ1) is 32.4. The zero-order valence-electron chi connectivity index (χ0n) is 36.6. The molecule has 1 aliphatic rings. The molecule has 4 nitrogen and oxygen atoms in total. The monoisotopic (exact) mass is 842 g/mol. The van der Waals surface area contributed by atoms with Crippen molar-refractivity contribution in [1.29, 1.82) is 0 Å². The first kappa shape index (κ1) is 38.0. The Hall–Kier alpha value is -8.47. The van der Waals surface area contributed by atoms with Crippen LogP contribution in [0, 0.1) is 0 Å². The van der Waals surface area contributed by atoms with E-state index in [1.165, 1.54) is 66.1 Å². The maximum atomic E-state index is 5.13. The molecular weight excluding hydrogens is 801 g/mol. The number of rotatable bonds is 6. The van der Waals surface area contributed by atoms with E-state index in [0.29, 0.717) is 17.5 Å². The first-order valence-electron chi connectivity index (χ1n) is 22.7. The van der Waals surface area contributed by atoms with Gasteiger partial charge in [-0.3, -0.25) is 0 Å². The highest BCUT2D eigenvalue weighted by atomic mass is 15.0. The van der Waals surface area contributed by atoms with E-state index < -0.39 is 0 Å². The van der Waals surface area contributed by atoms with Crippen molar-refractivity contribution in [3.8, 4) is 73.2 Å². The van der Waals surface area contributed by atoms with Crippen LogP contribution in [0.1, 0.15) is 25.0 Å². The van der Waals surface area contributed by atoms with E-state index in [9.17, 15) is 0 Å². The number of benzene rings is 10. The van der Waals surface area contributed by atoms with Crippen molar-refractivity contribution in [3.63, 3.8) is 0 Å². The summed E-state index contributed by atoms with van der Waals surface area (Å²) in [5.74, 6) is 1.92. The Morgan fingerprint density at radius 3 is 1.52 bits per heavy atom. The summed E-state index contributed by atoms with van der Waals surface area (Å²) in [5.41, 5.74) is 16.5. The van der Waals surface area contributed by atoms with Gasteiger partial charge >= 0.3 is 0 Å².